The van der Waals surface area contributed by atoms with E-state index in [1.165, 1.54) is 0 Å². The van der Waals surface area contributed by atoms with Crippen LogP contribution in [0.25, 0.3) is 0 Å². The first-order chi connectivity index (χ1) is 6.44. The number of rotatable bonds is 3. The normalized spacial score (nSPS) is 11.5. The molecule has 1 aromatic heterocycles. The van der Waals surface area contributed by atoms with Crippen LogP contribution < -0.4 is 5.32 Å². The van der Waals surface area contributed by atoms with Gasteiger partial charge in [0.15, 0.2) is 0 Å². The molecule has 0 atom stereocenters. The fourth-order valence-electron chi connectivity index (χ4n) is 1.04. The van der Waals surface area contributed by atoms with Gasteiger partial charge in [0.2, 0.25) is 0 Å². The van der Waals surface area contributed by atoms with Crippen LogP contribution in [-0.4, -0.2) is 15.5 Å². The Kier molecular flexibility index (Phi) is 3.09. The van der Waals surface area contributed by atoms with Gasteiger partial charge in [-0.25, -0.2) is 4.98 Å². The monoisotopic (exact) mass is 193 g/mol. The smallest absolute Gasteiger partial charge is 0.145 e. The lowest BCUT2D eigenvalue weighted by atomic mass is 10.0. The largest absolute Gasteiger partial charge is 0.364 e. The van der Waals surface area contributed by atoms with E-state index in [-0.39, 0.29) is 5.54 Å². The van der Waals surface area contributed by atoms with Crippen LogP contribution in [0.2, 0.25) is 0 Å². The van der Waals surface area contributed by atoms with Gasteiger partial charge in [-0.1, -0.05) is 6.92 Å². The fraction of sp³-hybridized carbons (Fsp3) is 0.636. The zero-order valence-electron chi connectivity index (χ0n) is 9.68. The Balaban J connectivity index is 2.83. The summed E-state index contributed by atoms with van der Waals surface area (Å²) in [6, 6.07) is 0. The van der Waals surface area contributed by atoms with Crippen LogP contribution in [0, 0.1) is 13.8 Å². The number of aryl methyl sites for hydroxylation is 2. The SMILES string of the molecule is CCC(C)(C)Nc1cnc(C)c(C)n1. The van der Waals surface area contributed by atoms with Crippen molar-refractivity contribution in [1.29, 1.82) is 0 Å². The van der Waals surface area contributed by atoms with Crippen molar-refractivity contribution >= 4 is 5.82 Å². The number of aromatic nitrogens is 2. The average molecular weight is 193 g/mol. The van der Waals surface area contributed by atoms with Crippen LogP contribution in [0.4, 0.5) is 5.82 Å². The van der Waals surface area contributed by atoms with Crippen molar-refractivity contribution < 1.29 is 0 Å². The Morgan fingerprint density at radius 3 is 2.43 bits per heavy atom. The minimum absolute atomic E-state index is 0.0797. The molecule has 78 valence electrons. The molecule has 0 aliphatic carbocycles. The highest BCUT2D eigenvalue weighted by atomic mass is 15.1. The summed E-state index contributed by atoms with van der Waals surface area (Å²) in [6.07, 6.45) is 2.85. The number of anilines is 1. The van der Waals surface area contributed by atoms with Gasteiger partial charge >= 0.3 is 0 Å². The molecule has 0 aromatic carbocycles. The van der Waals surface area contributed by atoms with E-state index < -0.39 is 0 Å². The molecule has 0 saturated carbocycles. The molecule has 0 saturated heterocycles. The summed E-state index contributed by atoms with van der Waals surface area (Å²) in [5, 5.41) is 3.36. The van der Waals surface area contributed by atoms with E-state index in [0.29, 0.717) is 0 Å². The van der Waals surface area contributed by atoms with E-state index in [4.69, 9.17) is 0 Å². The molecule has 0 spiro atoms. The van der Waals surface area contributed by atoms with E-state index >= 15 is 0 Å². The molecule has 0 unspecified atom stereocenters. The summed E-state index contributed by atoms with van der Waals surface area (Å²) in [6.45, 7) is 10.4. The van der Waals surface area contributed by atoms with E-state index in [0.717, 1.165) is 23.6 Å². The maximum Gasteiger partial charge on any atom is 0.145 e. The third kappa shape index (κ3) is 2.69. The van der Waals surface area contributed by atoms with E-state index in [9.17, 15) is 0 Å². The second-order valence-electron chi connectivity index (χ2n) is 4.29. The Morgan fingerprint density at radius 1 is 1.29 bits per heavy atom. The van der Waals surface area contributed by atoms with Crippen molar-refractivity contribution in [2.24, 2.45) is 0 Å². The van der Waals surface area contributed by atoms with Crippen molar-refractivity contribution in [3.05, 3.63) is 17.6 Å². The van der Waals surface area contributed by atoms with Gasteiger partial charge in [-0.3, -0.25) is 4.98 Å². The molecule has 0 fully saturated rings. The van der Waals surface area contributed by atoms with Crippen LogP contribution in [0.1, 0.15) is 38.6 Å². The third-order valence-corrected chi connectivity index (χ3v) is 2.54. The predicted octanol–water partition coefficient (Wildman–Crippen LogP) is 2.69. The lowest BCUT2D eigenvalue weighted by Crippen LogP contribution is -2.30. The predicted molar refractivity (Wildman–Crippen MR) is 59.5 cm³/mol. The number of hydrogen-bond donors (Lipinski definition) is 1. The zero-order chi connectivity index (χ0) is 10.8. The van der Waals surface area contributed by atoms with Crippen LogP contribution in [0.5, 0.6) is 0 Å². The standard InChI is InChI=1S/C11H19N3/c1-6-11(4,5)14-10-7-12-8(2)9(3)13-10/h7H,6H2,1-5H3,(H,13,14). The molecular weight excluding hydrogens is 174 g/mol. The molecule has 3 heteroatoms. The van der Waals surface area contributed by atoms with Gasteiger partial charge in [0, 0.05) is 5.54 Å². The minimum Gasteiger partial charge on any atom is -0.364 e. The van der Waals surface area contributed by atoms with E-state index in [1.54, 1.807) is 6.20 Å². The summed E-state index contributed by atoms with van der Waals surface area (Å²) < 4.78 is 0. The average Bonchev–Trinajstić information content (AvgIpc) is 2.11. The van der Waals surface area contributed by atoms with Gasteiger partial charge in [-0.15, -0.1) is 0 Å². The Labute approximate surface area is 86.0 Å². The highest BCUT2D eigenvalue weighted by Crippen LogP contribution is 2.15. The van der Waals surface area contributed by atoms with Crippen molar-refractivity contribution in [3.8, 4) is 0 Å². The molecule has 0 aliphatic heterocycles. The zero-order valence-corrected chi connectivity index (χ0v) is 9.68. The van der Waals surface area contributed by atoms with Gasteiger partial charge < -0.3 is 5.32 Å². The summed E-state index contributed by atoms with van der Waals surface area (Å²) in [7, 11) is 0. The van der Waals surface area contributed by atoms with Crippen molar-refractivity contribution in [2.75, 3.05) is 5.32 Å². The topological polar surface area (TPSA) is 37.8 Å². The van der Waals surface area contributed by atoms with Crippen molar-refractivity contribution in [3.63, 3.8) is 0 Å². The Bertz CT molecular complexity index is 318. The minimum atomic E-state index is 0.0797. The highest BCUT2D eigenvalue weighted by Gasteiger charge is 2.15. The van der Waals surface area contributed by atoms with Gasteiger partial charge in [0.25, 0.3) is 0 Å². The first kappa shape index (κ1) is 11.0. The molecule has 0 aliphatic rings. The van der Waals surface area contributed by atoms with Crippen LogP contribution in [0.15, 0.2) is 6.20 Å². The summed E-state index contributed by atoms with van der Waals surface area (Å²) in [5.74, 6) is 0.861. The van der Waals surface area contributed by atoms with Gasteiger partial charge in [0.1, 0.15) is 5.82 Å². The van der Waals surface area contributed by atoms with E-state index in [1.807, 2.05) is 13.8 Å². The second kappa shape index (κ2) is 3.95. The number of nitrogens with one attached hydrogen (secondary N) is 1. The third-order valence-electron chi connectivity index (χ3n) is 2.54. The Morgan fingerprint density at radius 2 is 1.93 bits per heavy atom. The van der Waals surface area contributed by atoms with Gasteiger partial charge in [0.05, 0.1) is 17.6 Å². The van der Waals surface area contributed by atoms with Crippen LogP contribution in [-0.2, 0) is 0 Å². The molecule has 1 aromatic rings. The molecule has 1 heterocycles. The molecule has 1 rings (SSSR count). The molecule has 0 bridgehead atoms. The maximum atomic E-state index is 4.43. The molecular formula is C11H19N3. The van der Waals surface area contributed by atoms with Gasteiger partial charge in [-0.05, 0) is 34.1 Å². The molecule has 0 radical (unpaired) electrons. The molecule has 1 N–H and O–H groups in total. The lowest BCUT2D eigenvalue weighted by Gasteiger charge is -2.25. The summed E-state index contributed by atoms with van der Waals surface area (Å²) >= 11 is 0. The van der Waals surface area contributed by atoms with Crippen LogP contribution >= 0.6 is 0 Å². The van der Waals surface area contributed by atoms with Crippen molar-refractivity contribution in [1.82, 2.24) is 9.97 Å². The second-order valence-corrected chi connectivity index (χ2v) is 4.29. The summed E-state index contributed by atoms with van der Waals surface area (Å²) in [4.78, 5) is 8.70. The summed E-state index contributed by atoms with van der Waals surface area (Å²) in [5.41, 5.74) is 2.06. The maximum absolute atomic E-state index is 4.43. The number of hydrogen-bond acceptors (Lipinski definition) is 3. The fourth-order valence-corrected chi connectivity index (χ4v) is 1.04. The van der Waals surface area contributed by atoms with Gasteiger partial charge in [-0.2, -0.15) is 0 Å². The Hall–Kier alpha value is -1.12. The highest BCUT2D eigenvalue weighted by molar-refractivity contribution is 5.36. The number of nitrogens with zero attached hydrogens (tertiary/aromatic N) is 2. The molecule has 3 nitrogen and oxygen atoms in total. The molecule has 0 amide bonds. The lowest BCUT2D eigenvalue weighted by molar-refractivity contribution is 0.544. The molecule has 14 heavy (non-hydrogen) atoms. The first-order valence-electron chi connectivity index (χ1n) is 5.03. The van der Waals surface area contributed by atoms with E-state index in [2.05, 4.69) is 36.1 Å². The van der Waals surface area contributed by atoms with Crippen LogP contribution in [0.3, 0.4) is 0 Å². The van der Waals surface area contributed by atoms with Crippen molar-refractivity contribution in [2.45, 2.75) is 46.6 Å². The first-order valence-corrected chi connectivity index (χ1v) is 5.03. The quantitative estimate of drug-likeness (QED) is 0.802.